The molecule has 224 valence electrons. The smallest absolute Gasteiger partial charge is 0.419 e. The first-order valence-corrected chi connectivity index (χ1v) is 15.0. The molecule has 3 heterocycles. The van der Waals surface area contributed by atoms with Gasteiger partial charge in [0.1, 0.15) is 17.0 Å². The monoisotopic (exact) mass is 566 g/mol. The lowest BCUT2D eigenvalue weighted by Crippen LogP contribution is -2.47. The van der Waals surface area contributed by atoms with E-state index in [-0.39, 0.29) is 18.5 Å². The van der Waals surface area contributed by atoms with E-state index < -0.39 is 23.4 Å². The van der Waals surface area contributed by atoms with Crippen LogP contribution >= 0.6 is 0 Å². The van der Waals surface area contributed by atoms with Crippen molar-refractivity contribution in [2.75, 3.05) is 44.7 Å². The molecule has 0 bridgehead atoms. The Labute approximate surface area is 244 Å². The average molecular weight is 567 g/mol. The quantitative estimate of drug-likeness (QED) is 0.440. The molecular weight excluding hydrogens is 520 g/mol. The van der Waals surface area contributed by atoms with Crippen LogP contribution in [0.15, 0.2) is 24.4 Å². The van der Waals surface area contributed by atoms with Crippen LogP contribution in [0.5, 0.6) is 0 Å². The fourth-order valence-corrected chi connectivity index (χ4v) is 5.41. The molecule has 0 unspecified atom stereocenters. The molecule has 2 saturated carbocycles. The summed E-state index contributed by atoms with van der Waals surface area (Å²) in [6.45, 7) is 15.1. The summed E-state index contributed by atoms with van der Waals surface area (Å²) in [6, 6.07) is 6.51. The number of rotatable bonds is 6. The number of aromatic nitrogens is 3. The van der Waals surface area contributed by atoms with Crippen molar-refractivity contribution in [3.05, 3.63) is 30.1 Å². The maximum Gasteiger partial charge on any atom is 0.419 e. The number of ether oxygens (including phenoxy) is 2. The molecule has 1 aliphatic heterocycles. The van der Waals surface area contributed by atoms with Gasteiger partial charge in [0, 0.05) is 50.4 Å². The maximum absolute atomic E-state index is 12.9. The van der Waals surface area contributed by atoms with Crippen molar-refractivity contribution >= 4 is 18.0 Å². The van der Waals surface area contributed by atoms with Crippen LogP contribution in [0.2, 0.25) is 0 Å². The van der Waals surface area contributed by atoms with Crippen LogP contribution in [0.3, 0.4) is 0 Å². The molecular formula is C31H46N6O4. The van der Waals surface area contributed by atoms with E-state index in [9.17, 15) is 9.59 Å². The number of carbonyl (C=O) groups is 2. The molecule has 2 aromatic heterocycles. The number of imide groups is 1. The molecule has 0 spiro atoms. The van der Waals surface area contributed by atoms with Crippen molar-refractivity contribution in [2.45, 2.75) is 90.4 Å². The standard InChI is InChI=1S/C31H46N6O4/c1-30(2,3)40-28(38)36(29(39)41-31(4,5)6)19-21-17-23(18-21)37-20-24(27(33-37)22-11-12-22)25-9-8-10-26(32-25)35-15-13-34(7)14-16-35/h8-10,20-23H,11-19H2,1-7H3/t21-,23+. The summed E-state index contributed by atoms with van der Waals surface area (Å²) < 4.78 is 13.2. The predicted octanol–water partition coefficient (Wildman–Crippen LogP) is 5.70. The van der Waals surface area contributed by atoms with E-state index >= 15 is 0 Å². The van der Waals surface area contributed by atoms with Crippen molar-refractivity contribution in [3.63, 3.8) is 0 Å². The van der Waals surface area contributed by atoms with Crippen molar-refractivity contribution in [2.24, 2.45) is 5.92 Å². The number of carbonyl (C=O) groups excluding carboxylic acids is 2. The molecule has 2 aliphatic carbocycles. The number of likely N-dealkylation sites (N-methyl/N-ethyl adjacent to an activating group) is 1. The molecule has 10 heteroatoms. The molecule has 10 nitrogen and oxygen atoms in total. The Hall–Kier alpha value is -3.14. The van der Waals surface area contributed by atoms with Crippen LogP contribution in [-0.2, 0) is 9.47 Å². The van der Waals surface area contributed by atoms with Crippen LogP contribution in [0.25, 0.3) is 11.3 Å². The zero-order valence-corrected chi connectivity index (χ0v) is 25.7. The summed E-state index contributed by atoms with van der Waals surface area (Å²) in [4.78, 5) is 36.8. The summed E-state index contributed by atoms with van der Waals surface area (Å²) in [5, 5.41) is 5.06. The lowest BCUT2D eigenvalue weighted by Gasteiger charge is -2.38. The molecule has 0 N–H and O–H groups in total. The van der Waals surface area contributed by atoms with Gasteiger partial charge in [-0.05, 0) is 92.3 Å². The Morgan fingerprint density at radius 1 is 0.951 bits per heavy atom. The highest BCUT2D eigenvalue weighted by Gasteiger charge is 2.39. The zero-order chi connectivity index (χ0) is 29.5. The zero-order valence-electron chi connectivity index (χ0n) is 25.7. The van der Waals surface area contributed by atoms with Gasteiger partial charge in [-0.3, -0.25) is 4.68 Å². The lowest BCUT2D eigenvalue weighted by atomic mass is 9.80. The first kappa shape index (κ1) is 29.4. The summed E-state index contributed by atoms with van der Waals surface area (Å²) in [6.07, 6.45) is 4.79. The van der Waals surface area contributed by atoms with Gasteiger partial charge < -0.3 is 19.3 Å². The Morgan fingerprint density at radius 2 is 1.56 bits per heavy atom. The van der Waals surface area contributed by atoms with Gasteiger partial charge in [0.2, 0.25) is 0 Å². The summed E-state index contributed by atoms with van der Waals surface area (Å²) in [5.74, 6) is 1.67. The summed E-state index contributed by atoms with van der Waals surface area (Å²) >= 11 is 0. The molecule has 1 saturated heterocycles. The van der Waals surface area contributed by atoms with E-state index in [4.69, 9.17) is 19.6 Å². The van der Waals surface area contributed by atoms with Gasteiger partial charge in [-0.15, -0.1) is 0 Å². The number of piperazine rings is 1. The Kier molecular flexibility index (Phi) is 8.07. The first-order valence-electron chi connectivity index (χ1n) is 15.0. The number of amides is 2. The third kappa shape index (κ3) is 7.39. The SMILES string of the molecule is CN1CCN(c2cccc(-c3cn([C@H]4C[C@@H](CN(C(=O)OC(C)(C)C)C(=O)OC(C)(C)C)C4)nc3C3CC3)n2)CC1. The van der Waals surface area contributed by atoms with Gasteiger partial charge in [-0.1, -0.05) is 6.07 Å². The van der Waals surface area contributed by atoms with Gasteiger partial charge in [-0.2, -0.15) is 5.10 Å². The highest BCUT2D eigenvalue weighted by molar-refractivity contribution is 5.88. The van der Waals surface area contributed by atoms with Crippen molar-refractivity contribution in [3.8, 4) is 11.3 Å². The fourth-order valence-electron chi connectivity index (χ4n) is 5.41. The molecule has 2 aromatic rings. The minimum Gasteiger partial charge on any atom is -0.443 e. The molecule has 41 heavy (non-hydrogen) atoms. The normalized spacial score (nSPS) is 21.8. The van der Waals surface area contributed by atoms with Crippen LogP contribution < -0.4 is 4.90 Å². The molecule has 0 aromatic carbocycles. The van der Waals surface area contributed by atoms with Gasteiger partial charge >= 0.3 is 12.2 Å². The number of hydrogen-bond acceptors (Lipinski definition) is 8. The second kappa shape index (κ2) is 11.3. The number of nitrogens with zero attached hydrogens (tertiary/aromatic N) is 6. The van der Waals surface area contributed by atoms with E-state index in [0.717, 1.165) is 79.5 Å². The molecule has 3 aliphatic rings. The fraction of sp³-hybridized carbons (Fsp3) is 0.677. The Morgan fingerprint density at radius 3 is 2.12 bits per heavy atom. The first-order chi connectivity index (χ1) is 19.3. The van der Waals surface area contributed by atoms with E-state index in [1.54, 1.807) is 41.5 Å². The molecule has 5 rings (SSSR count). The van der Waals surface area contributed by atoms with Crippen LogP contribution in [-0.4, -0.2) is 87.7 Å². The predicted molar refractivity (Wildman–Crippen MR) is 158 cm³/mol. The minimum absolute atomic E-state index is 0.149. The third-order valence-electron chi connectivity index (χ3n) is 7.82. The van der Waals surface area contributed by atoms with Crippen molar-refractivity contribution in [1.29, 1.82) is 0 Å². The second-order valence-corrected chi connectivity index (χ2v) is 13.9. The summed E-state index contributed by atoms with van der Waals surface area (Å²) in [7, 11) is 2.16. The summed E-state index contributed by atoms with van der Waals surface area (Å²) in [5.41, 5.74) is 1.82. The van der Waals surface area contributed by atoms with Gasteiger partial charge in [0.05, 0.1) is 17.4 Å². The second-order valence-electron chi connectivity index (χ2n) is 13.9. The number of anilines is 1. The van der Waals surface area contributed by atoms with E-state index in [2.05, 4.69) is 45.9 Å². The van der Waals surface area contributed by atoms with Crippen LogP contribution in [0, 0.1) is 5.92 Å². The van der Waals surface area contributed by atoms with Gasteiger partial charge in [-0.25, -0.2) is 19.5 Å². The van der Waals surface area contributed by atoms with Gasteiger partial charge in [0.25, 0.3) is 0 Å². The molecule has 3 fully saturated rings. The highest BCUT2D eigenvalue weighted by atomic mass is 16.6. The van der Waals surface area contributed by atoms with E-state index in [0.29, 0.717) is 5.92 Å². The number of hydrogen-bond donors (Lipinski definition) is 0. The maximum atomic E-state index is 12.9. The Balaban J connectivity index is 1.28. The van der Waals surface area contributed by atoms with Crippen LogP contribution in [0.4, 0.5) is 15.4 Å². The number of pyridine rings is 1. The van der Waals surface area contributed by atoms with Crippen LogP contribution in [0.1, 0.15) is 84.9 Å². The molecule has 0 radical (unpaired) electrons. The largest absolute Gasteiger partial charge is 0.443 e. The minimum atomic E-state index is -0.708. The third-order valence-corrected chi connectivity index (χ3v) is 7.82. The highest BCUT2D eigenvalue weighted by Crippen LogP contribution is 2.46. The average Bonchev–Trinajstić information content (AvgIpc) is 3.60. The molecule has 0 atom stereocenters. The molecule has 2 amide bonds. The van der Waals surface area contributed by atoms with Crippen molar-refractivity contribution in [1.82, 2.24) is 24.6 Å². The topological polar surface area (TPSA) is 93.0 Å². The Bertz CT molecular complexity index is 1220. The lowest BCUT2D eigenvalue weighted by molar-refractivity contribution is -0.00641. The van der Waals surface area contributed by atoms with E-state index in [1.807, 2.05) is 0 Å². The van der Waals surface area contributed by atoms with Gasteiger partial charge in [0.15, 0.2) is 0 Å². The van der Waals surface area contributed by atoms with Crippen molar-refractivity contribution < 1.29 is 19.1 Å². The van der Waals surface area contributed by atoms with E-state index in [1.165, 1.54) is 0 Å².